The maximum Gasteiger partial charge on any atom is 0.223 e. The molecule has 0 saturated carbocycles. The summed E-state index contributed by atoms with van der Waals surface area (Å²) in [7, 11) is 0. The average molecular weight is 401 g/mol. The second kappa shape index (κ2) is 9.32. The van der Waals surface area contributed by atoms with Gasteiger partial charge in [-0.2, -0.15) is 4.98 Å². The maximum atomic E-state index is 4.92. The number of nitrogens with zero attached hydrogens (tertiary/aromatic N) is 3. The predicted octanol–water partition coefficient (Wildman–Crippen LogP) is 2.25. The minimum atomic E-state index is 0. The first-order chi connectivity index (χ1) is 9.78. The number of nitrogens with one attached hydrogen (secondary N) is 2. The van der Waals surface area contributed by atoms with Crippen molar-refractivity contribution in [3.63, 3.8) is 0 Å². The number of hydrogen-bond donors (Lipinski definition) is 2. The minimum Gasteiger partial charge on any atom is -0.357 e. The fourth-order valence-corrected chi connectivity index (χ4v) is 1.67. The van der Waals surface area contributed by atoms with Crippen molar-refractivity contribution < 1.29 is 4.52 Å². The van der Waals surface area contributed by atoms with Crippen LogP contribution in [0.4, 0.5) is 0 Å². The van der Waals surface area contributed by atoms with Crippen molar-refractivity contribution in [1.82, 2.24) is 20.8 Å². The van der Waals surface area contributed by atoms with E-state index < -0.39 is 0 Å². The van der Waals surface area contributed by atoms with Gasteiger partial charge in [0.1, 0.15) is 0 Å². The summed E-state index contributed by atoms with van der Waals surface area (Å²) in [6.45, 7) is 5.70. The fraction of sp³-hybridized carbons (Fsp3) is 0.357. The van der Waals surface area contributed by atoms with E-state index in [1.807, 2.05) is 25.1 Å². The van der Waals surface area contributed by atoms with Crippen molar-refractivity contribution in [2.24, 2.45) is 4.99 Å². The average Bonchev–Trinajstić information content (AvgIpc) is 2.89. The number of aliphatic imine (C=N–C) groups is 1. The largest absolute Gasteiger partial charge is 0.357 e. The molecule has 0 atom stereocenters. The SMILES string of the molecule is CCNC(=NCc1ccccc1)NCc1noc(C)n1.I. The van der Waals surface area contributed by atoms with Crippen LogP contribution in [0.1, 0.15) is 24.2 Å². The Bertz CT molecular complexity index is 556. The number of halogens is 1. The van der Waals surface area contributed by atoms with E-state index in [9.17, 15) is 0 Å². The van der Waals surface area contributed by atoms with Crippen LogP contribution in [0.25, 0.3) is 0 Å². The van der Waals surface area contributed by atoms with E-state index in [0.29, 0.717) is 24.8 Å². The van der Waals surface area contributed by atoms with Gasteiger partial charge >= 0.3 is 0 Å². The second-order valence-electron chi connectivity index (χ2n) is 4.26. The molecule has 114 valence electrons. The Morgan fingerprint density at radius 2 is 2.00 bits per heavy atom. The van der Waals surface area contributed by atoms with E-state index >= 15 is 0 Å². The topological polar surface area (TPSA) is 75.3 Å². The molecule has 2 rings (SSSR count). The van der Waals surface area contributed by atoms with Gasteiger partial charge in [0.05, 0.1) is 13.1 Å². The summed E-state index contributed by atoms with van der Waals surface area (Å²) < 4.78 is 4.92. The van der Waals surface area contributed by atoms with Crippen molar-refractivity contribution >= 4 is 29.9 Å². The Morgan fingerprint density at radius 3 is 2.62 bits per heavy atom. The van der Waals surface area contributed by atoms with Gasteiger partial charge in [-0.3, -0.25) is 0 Å². The lowest BCUT2D eigenvalue weighted by Gasteiger charge is -2.09. The summed E-state index contributed by atoms with van der Waals surface area (Å²) in [6, 6.07) is 10.1. The monoisotopic (exact) mass is 401 g/mol. The van der Waals surface area contributed by atoms with Crippen LogP contribution in [0.5, 0.6) is 0 Å². The van der Waals surface area contributed by atoms with Crippen LogP contribution in [0, 0.1) is 6.92 Å². The molecule has 1 aromatic heterocycles. The quantitative estimate of drug-likeness (QED) is 0.457. The van der Waals surface area contributed by atoms with Crippen LogP contribution < -0.4 is 10.6 Å². The third-order valence-electron chi connectivity index (χ3n) is 2.59. The van der Waals surface area contributed by atoms with Gasteiger partial charge in [0, 0.05) is 13.5 Å². The highest BCUT2D eigenvalue weighted by Gasteiger charge is 2.03. The Morgan fingerprint density at radius 1 is 1.24 bits per heavy atom. The molecule has 6 nitrogen and oxygen atoms in total. The van der Waals surface area contributed by atoms with Gasteiger partial charge in [-0.05, 0) is 12.5 Å². The predicted molar refractivity (Wildman–Crippen MR) is 92.5 cm³/mol. The zero-order valence-electron chi connectivity index (χ0n) is 12.2. The highest BCUT2D eigenvalue weighted by molar-refractivity contribution is 14.0. The molecule has 0 radical (unpaired) electrons. The zero-order valence-corrected chi connectivity index (χ0v) is 14.5. The van der Waals surface area contributed by atoms with Crippen LogP contribution in [-0.2, 0) is 13.1 Å². The first-order valence-electron chi connectivity index (χ1n) is 6.63. The van der Waals surface area contributed by atoms with E-state index in [1.165, 1.54) is 5.56 Å². The summed E-state index contributed by atoms with van der Waals surface area (Å²) >= 11 is 0. The van der Waals surface area contributed by atoms with Crippen LogP contribution in [0.2, 0.25) is 0 Å². The summed E-state index contributed by atoms with van der Waals surface area (Å²) in [5, 5.41) is 10.2. The van der Waals surface area contributed by atoms with Crippen LogP contribution >= 0.6 is 24.0 Å². The number of rotatable bonds is 5. The first-order valence-corrected chi connectivity index (χ1v) is 6.63. The molecule has 0 amide bonds. The molecule has 2 N–H and O–H groups in total. The Labute approximate surface area is 141 Å². The van der Waals surface area contributed by atoms with E-state index in [-0.39, 0.29) is 24.0 Å². The molecular weight excluding hydrogens is 381 g/mol. The van der Waals surface area contributed by atoms with Crippen LogP contribution in [0.3, 0.4) is 0 Å². The number of benzene rings is 1. The maximum absolute atomic E-state index is 4.92. The van der Waals surface area contributed by atoms with Gasteiger partial charge in [0.25, 0.3) is 0 Å². The van der Waals surface area contributed by atoms with Crippen molar-refractivity contribution in [3.8, 4) is 0 Å². The highest BCUT2D eigenvalue weighted by atomic mass is 127. The first kappa shape index (κ1) is 17.4. The van der Waals surface area contributed by atoms with E-state index in [0.717, 1.165) is 12.5 Å². The zero-order chi connectivity index (χ0) is 14.2. The smallest absolute Gasteiger partial charge is 0.223 e. The van der Waals surface area contributed by atoms with Crippen molar-refractivity contribution in [3.05, 3.63) is 47.6 Å². The molecule has 0 saturated heterocycles. The van der Waals surface area contributed by atoms with Crippen LogP contribution in [-0.4, -0.2) is 22.6 Å². The molecule has 0 fully saturated rings. The standard InChI is InChI=1S/C14H19N5O.HI/c1-3-15-14(16-9-12-7-5-4-6-8-12)17-10-13-18-11(2)20-19-13;/h4-8H,3,9-10H2,1-2H3,(H2,15,16,17);1H. The van der Waals surface area contributed by atoms with Gasteiger partial charge in [-0.1, -0.05) is 35.5 Å². The number of aromatic nitrogens is 2. The molecule has 0 aliphatic heterocycles. The lowest BCUT2D eigenvalue weighted by molar-refractivity contribution is 0.387. The molecule has 0 aliphatic rings. The normalized spacial score (nSPS) is 10.9. The molecule has 0 aliphatic carbocycles. The van der Waals surface area contributed by atoms with Gasteiger partial charge in [-0.15, -0.1) is 24.0 Å². The molecule has 0 spiro atoms. The van der Waals surface area contributed by atoms with Crippen molar-refractivity contribution in [2.45, 2.75) is 26.9 Å². The molecule has 0 bridgehead atoms. The Kier molecular flexibility index (Phi) is 7.73. The fourth-order valence-electron chi connectivity index (χ4n) is 1.67. The molecule has 0 unspecified atom stereocenters. The van der Waals surface area contributed by atoms with Gasteiger partial charge in [0.2, 0.25) is 5.89 Å². The number of guanidine groups is 1. The van der Waals surface area contributed by atoms with E-state index in [1.54, 1.807) is 6.92 Å². The van der Waals surface area contributed by atoms with Crippen LogP contribution in [0.15, 0.2) is 39.8 Å². The van der Waals surface area contributed by atoms with Crippen molar-refractivity contribution in [1.29, 1.82) is 0 Å². The third kappa shape index (κ3) is 6.11. The van der Waals surface area contributed by atoms with E-state index in [4.69, 9.17) is 4.52 Å². The molecule has 2 aromatic rings. The van der Waals surface area contributed by atoms with Gasteiger partial charge < -0.3 is 15.2 Å². The summed E-state index contributed by atoms with van der Waals surface area (Å²) in [5.74, 6) is 1.92. The molecule has 7 heteroatoms. The van der Waals surface area contributed by atoms with Gasteiger partial charge in [0.15, 0.2) is 11.8 Å². The van der Waals surface area contributed by atoms with E-state index in [2.05, 4.69) is 37.9 Å². The minimum absolute atomic E-state index is 0. The number of aryl methyl sites for hydroxylation is 1. The molecular formula is C14H20IN5O. The summed E-state index contributed by atoms with van der Waals surface area (Å²) in [6.07, 6.45) is 0. The second-order valence-corrected chi connectivity index (χ2v) is 4.26. The van der Waals surface area contributed by atoms with Gasteiger partial charge in [-0.25, -0.2) is 4.99 Å². The lowest BCUT2D eigenvalue weighted by atomic mass is 10.2. The Hall–Kier alpha value is -1.64. The lowest BCUT2D eigenvalue weighted by Crippen LogP contribution is -2.37. The summed E-state index contributed by atoms with van der Waals surface area (Å²) in [4.78, 5) is 8.65. The highest BCUT2D eigenvalue weighted by Crippen LogP contribution is 2.00. The molecule has 1 aromatic carbocycles. The summed E-state index contributed by atoms with van der Waals surface area (Å²) in [5.41, 5.74) is 1.17. The third-order valence-corrected chi connectivity index (χ3v) is 2.59. The molecule has 21 heavy (non-hydrogen) atoms. The molecule has 1 heterocycles. The Balaban J connectivity index is 0.00000220. The van der Waals surface area contributed by atoms with Crippen molar-refractivity contribution in [2.75, 3.05) is 6.54 Å². The number of hydrogen-bond acceptors (Lipinski definition) is 4.